The zero-order valence-electron chi connectivity index (χ0n) is 8.92. The minimum atomic E-state index is -0.393. The van der Waals surface area contributed by atoms with Crippen LogP contribution in [-0.4, -0.2) is 45.8 Å². The molecule has 1 aromatic rings. The van der Waals surface area contributed by atoms with E-state index in [0.29, 0.717) is 18.5 Å². The van der Waals surface area contributed by atoms with Crippen molar-refractivity contribution in [3.8, 4) is 0 Å². The average Bonchev–Trinajstić information content (AvgIpc) is 2.26. The van der Waals surface area contributed by atoms with Crippen LogP contribution >= 0.6 is 0 Å². The number of amides is 1. The van der Waals surface area contributed by atoms with Gasteiger partial charge in [0.05, 0.1) is 24.1 Å². The van der Waals surface area contributed by atoms with E-state index in [1.807, 2.05) is 0 Å². The van der Waals surface area contributed by atoms with Gasteiger partial charge in [-0.05, 0) is 19.4 Å². The first-order chi connectivity index (χ1) is 7.11. The summed E-state index contributed by atoms with van der Waals surface area (Å²) < 4.78 is 0. The minimum Gasteiger partial charge on any atom is -0.393 e. The van der Waals surface area contributed by atoms with Crippen molar-refractivity contribution in [2.45, 2.75) is 19.4 Å². The lowest BCUT2D eigenvalue weighted by atomic mass is 10.2. The molecular formula is C10H15N3O2. The normalized spacial score (nSPS) is 12.2. The molecule has 0 aliphatic heterocycles. The lowest BCUT2D eigenvalue weighted by molar-refractivity contribution is 0.0768. The van der Waals surface area contributed by atoms with E-state index in [4.69, 9.17) is 5.11 Å². The molecule has 0 aromatic carbocycles. The topological polar surface area (TPSA) is 66.3 Å². The van der Waals surface area contributed by atoms with Crippen molar-refractivity contribution in [3.05, 3.63) is 24.0 Å². The first-order valence-electron chi connectivity index (χ1n) is 4.81. The Morgan fingerprint density at radius 1 is 1.60 bits per heavy atom. The molecule has 0 aliphatic carbocycles. The van der Waals surface area contributed by atoms with E-state index in [1.165, 1.54) is 12.4 Å². The zero-order valence-corrected chi connectivity index (χ0v) is 8.92. The summed E-state index contributed by atoms with van der Waals surface area (Å²) in [6, 6.07) is 1.62. The molecule has 82 valence electrons. The maximum atomic E-state index is 11.7. The lowest BCUT2D eigenvalue weighted by Crippen LogP contribution is -2.29. The first kappa shape index (κ1) is 11.6. The van der Waals surface area contributed by atoms with Crippen LogP contribution in [0.2, 0.25) is 0 Å². The van der Waals surface area contributed by atoms with Crippen molar-refractivity contribution in [1.29, 1.82) is 0 Å². The molecule has 0 saturated carbocycles. The first-order valence-corrected chi connectivity index (χ1v) is 4.81. The van der Waals surface area contributed by atoms with Gasteiger partial charge in [-0.2, -0.15) is 10.2 Å². The third kappa shape index (κ3) is 3.63. The van der Waals surface area contributed by atoms with Crippen LogP contribution < -0.4 is 0 Å². The maximum absolute atomic E-state index is 11.7. The van der Waals surface area contributed by atoms with E-state index < -0.39 is 6.10 Å². The fourth-order valence-corrected chi connectivity index (χ4v) is 1.12. The smallest absolute Gasteiger partial charge is 0.255 e. The highest BCUT2D eigenvalue weighted by molar-refractivity contribution is 5.93. The van der Waals surface area contributed by atoms with E-state index in [0.717, 1.165) is 0 Å². The lowest BCUT2D eigenvalue weighted by Gasteiger charge is -2.17. The molecule has 0 bridgehead atoms. The molecule has 15 heavy (non-hydrogen) atoms. The molecule has 1 aromatic heterocycles. The summed E-state index contributed by atoms with van der Waals surface area (Å²) in [5, 5.41) is 16.3. The van der Waals surface area contributed by atoms with E-state index >= 15 is 0 Å². The number of rotatable bonds is 4. The van der Waals surface area contributed by atoms with Crippen LogP contribution in [0.4, 0.5) is 0 Å². The van der Waals surface area contributed by atoms with Crippen LogP contribution in [0.25, 0.3) is 0 Å². The fourth-order valence-electron chi connectivity index (χ4n) is 1.12. The van der Waals surface area contributed by atoms with E-state index in [-0.39, 0.29) is 5.91 Å². The van der Waals surface area contributed by atoms with Gasteiger partial charge in [0.25, 0.3) is 5.91 Å². The van der Waals surface area contributed by atoms with Crippen LogP contribution in [-0.2, 0) is 0 Å². The molecule has 0 spiro atoms. The molecule has 1 unspecified atom stereocenters. The van der Waals surface area contributed by atoms with Gasteiger partial charge in [-0.3, -0.25) is 4.79 Å². The van der Waals surface area contributed by atoms with Crippen molar-refractivity contribution >= 4 is 5.91 Å². The number of nitrogens with zero attached hydrogens (tertiary/aromatic N) is 3. The van der Waals surface area contributed by atoms with Gasteiger partial charge in [0.1, 0.15) is 0 Å². The predicted octanol–water partition coefficient (Wildman–Crippen LogP) is 0.319. The highest BCUT2D eigenvalue weighted by Crippen LogP contribution is 2.01. The summed E-state index contributed by atoms with van der Waals surface area (Å²) in [5.41, 5.74) is 0.512. The summed E-state index contributed by atoms with van der Waals surface area (Å²) in [6.07, 6.45) is 3.09. The monoisotopic (exact) mass is 209 g/mol. The Morgan fingerprint density at radius 2 is 2.33 bits per heavy atom. The second-order valence-electron chi connectivity index (χ2n) is 3.50. The molecule has 1 atom stereocenters. The zero-order chi connectivity index (χ0) is 11.3. The van der Waals surface area contributed by atoms with E-state index in [9.17, 15) is 4.79 Å². The van der Waals surface area contributed by atoms with Gasteiger partial charge in [-0.1, -0.05) is 0 Å². The molecule has 1 N–H and O–H groups in total. The van der Waals surface area contributed by atoms with Gasteiger partial charge in [0, 0.05) is 13.6 Å². The fraction of sp³-hybridized carbons (Fsp3) is 0.500. The molecule has 0 radical (unpaired) electrons. The Balaban J connectivity index is 2.54. The molecule has 1 amide bonds. The molecule has 5 nitrogen and oxygen atoms in total. The van der Waals surface area contributed by atoms with Gasteiger partial charge in [-0.25, -0.2) is 0 Å². The van der Waals surface area contributed by atoms with Crippen LogP contribution in [0.15, 0.2) is 18.5 Å². The van der Waals surface area contributed by atoms with Crippen molar-refractivity contribution < 1.29 is 9.90 Å². The number of hydrogen-bond donors (Lipinski definition) is 1. The second kappa shape index (κ2) is 5.41. The van der Waals surface area contributed by atoms with Crippen LogP contribution in [0.5, 0.6) is 0 Å². The Hall–Kier alpha value is -1.49. The number of aromatic nitrogens is 2. The average molecular weight is 209 g/mol. The molecule has 1 rings (SSSR count). The van der Waals surface area contributed by atoms with Gasteiger partial charge in [0.15, 0.2) is 0 Å². The number of aliphatic hydroxyl groups excluding tert-OH is 1. The van der Waals surface area contributed by atoms with Crippen LogP contribution in [0.3, 0.4) is 0 Å². The summed E-state index contributed by atoms with van der Waals surface area (Å²) >= 11 is 0. The van der Waals surface area contributed by atoms with Gasteiger partial charge < -0.3 is 10.0 Å². The molecule has 0 fully saturated rings. The van der Waals surface area contributed by atoms with Crippen molar-refractivity contribution in [2.24, 2.45) is 0 Å². The van der Waals surface area contributed by atoms with Gasteiger partial charge >= 0.3 is 0 Å². The maximum Gasteiger partial charge on any atom is 0.255 e. The van der Waals surface area contributed by atoms with Crippen LogP contribution in [0.1, 0.15) is 23.7 Å². The number of carbonyl (C=O) groups is 1. The minimum absolute atomic E-state index is 0.106. The highest BCUT2D eigenvalue weighted by atomic mass is 16.3. The molecular weight excluding hydrogens is 194 g/mol. The van der Waals surface area contributed by atoms with Crippen LogP contribution in [0, 0.1) is 0 Å². The van der Waals surface area contributed by atoms with Crippen molar-refractivity contribution in [1.82, 2.24) is 15.1 Å². The van der Waals surface area contributed by atoms with Crippen molar-refractivity contribution in [2.75, 3.05) is 13.6 Å². The Labute approximate surface area is 88.7 Å². The van der Waals surface area contributed by atoms with Crippen molar-refractivity contribution in [3.63, 3.8) is 0 Å². The Kier molecular flexibility index (Phi) is 4.17. The quantitative estimate of drug-likeness (QED) is 0.775. The molecule has 5 heteroatoms. The number of hydrogen-bond acceptors (Lipinski definition) is 4. The van der Waals surface area contributed by atoms with E-state index in [2.05, 4.69) is 10.2 Å². The SMILES string of the molecule is CC(O)CCN(C)C(=O)c1ccnnc1. The molecule has 0 saturated heterocycles. The summed E-state index contributed by atoms with van der Waals surface area (Å²) in [5.74, 6) is -0.106. The highest BCUT2D eigenvalue weighted by Gasteiger charge is 2.11. The van der Waals surface area contributed by atoms with Gasteiger partial charge in [-0.15, -0.1) is 0 Å². The molecule has 0 aliphatic rings. The summed E-state index contributed by atoms with van der Waals surface area (Å²) in [7, 11) is 1.70. The van der Waals surface area contributed by atoms with Gasteiger partial charge in [0.2, 0.25) is 0 Å². The third-order valence-electron chi connectivity index (χ3n) is 2.06. The molecule has 1 heterocycles. The number of aliphatic hydroxyl groups is 1. The van der Waals surface area contributed by atoms with E-state index in [1.54, 1.807) is 24.9 Å². The largest absolute Gasteiger partial charge is 0.393 e. The summed E-state index contributed by atoms with van der Waals surface area (Å²) in [4.78, 5) is 13.3. The standard InChI is InChI=1S/C10H15N3O2/c1-8(14)4-6-13(2)10(15)9-3-5-11-12-7-9/h3,5,7-8,14H,4,6H2,1-2H3. The Bertz CT molecular complexity index is 314. The second-order valence-corrected chi connectivity index (χ2v) is 3.50. The summed E-state index contributed by atoms with van der Waals surface area (Å²) in [6.45, 7) is 2.23. The predicted molar refractivity (Wildman–Crippen MR) is 55.3 cm³/mol. The number of carbonyl (C=O) groups excluding carboxylic acids is 1. The Morgan fingerprint density at radius 3 is 2.87 bits per heavy atom. The third-order valence-corrected chi connectivity index (χ3v) is 2.06.